The number of benzene rings is 1. The van der Waals surface area contributed by atoms with Crippen molar-refractivity contribution in [2.24, 2.45) is 0 Å². The van der Waals surface area contributed by atoms with Crippen LogP contribution >= 0.6 is 0 Å². The SMILES string of the molecule is O=C(Nc1ccc(-c2ccc(N3CCCCCC3)nn2)cc1)c1ccc(=O)[nH]c1. The fourth-order valence-corrected chi connectivity index (χ4v) is 3.43. The van der Waals surface area contributed by atoms with Gasteiger partial charge in [-0.2, -0.15) is 0 Å². The largest absolute Gasteiger partial charge is 0.355 e. The number of pyridine rings is 1. The van der Waals surface area contributed by atoms with Crippen molar-refractivity contribution in [3.63, 3.8) is 0 Å². The Kier molecular flexibility index (Phi) is 5.65. The van der Waals surface area contributed by atoms with Crippen LogP contribution in [-0.4, -0.2) is 34.2 Å². The predicted octanol–water partition coefficient (Wildman–Crippen LogP) is 3.46. The molecule has 148 valence electrons. The normalized spacial score (nSPS) is 14.3. The monoisotopic (exact) mass is 389 g/mol. The number of anilines is 2. The van der Waals surface area contributed by atoms with Gasteiger partial charge in [-0.25, -0.2) is 0 Å². The smallest absolute Gasteiger partial charge is 0.257 e. The first-order chi connectivity index (χ1) is 14.2. The van der Waals surface area contributed by atoms with Gasteiger partial charge in [-0.1, -0.05) is 25.0 Å². The number of aromatic amines is 1. The number of rotatable bonds is 4. The summed E-state index contributed by atoms with van der Waals surface area (Å²) in [5.41, 5.74) is 2.54. The van der Waals surface area contributed by atoms with Crippen LogP contribution in [0.2, 0.25) is 0 Å². The summed E-state index contributed by atoms with van der Waals surface area (Å²) in [4.78, 5) is 28.1. The van der Waals surface area contributed by atoms with E-state index in [9.17, 15) is 9.59 Å². The first-order valence-corrected chi connectivity index (χ1v) is 9.88. The van der Waals surface area contributed by atoms with E-state index in [0.717, 1.165) is 30.2 Å². The van der Waals surface area contributed by atoms with Gasteiger partial charge in [-0.15, -0.1) is 10.2 Å². The standard InChI is InChI=1S/C22H23N5O2/c28-21-12-7-17(15-23-21)22(29)24-18-8-5-16(6-9-18)19-10-11-20(26-25-19)27-13-3-1-2-4-14-27/h5-12,15H,1-4,13-14H2,(H,23,28)(H,24,29). The van der Waals surface area contributed by atoms with Crippen LogP contribution in [-0.2, 0) is 0 Å². The second-order valence-electron chi connectivity index (χ2n) is 7.15. The minimum absolute atomic E-state index is 0.242. The van der Waals surface area contributed by atoms with Gasteiger partial charge in [0.1, 0.15) is 0 Å². The molecular formula is C22H23N5O2. The van der Waals surface area contributed by atoms with Gasteiger partial charge in [-0.3, -0.25) is 9.59 Å². The summed E-state index contributed by atoms with van der Waals surface area (Å²) in [7, 11) is 0. The molecule has 0 atom stereocenters. The van der Waals surface area contributed by atoms with E-state index in [1.54, 1.807) is 0 Å². The number of aromatic nitrogens is 3. The van der Waals surface area contributed by atoms with Crippen LogP contribution in [0.3, 0.4) is 0 Å². The third-order valence-corrected chi connectivity index (χ3v) is 5.07. The molecule has 0 radical (unpaired) electrons. The molecule has 7 nitrogen and oxygen atoms in total. The van der Waals surface area contributed by atoms with E-state index < -0.39 is 0 Å². The Morgan fingerprint density at radius 1 is 0.897 bits per heavy atom. The maximum absolute atomic E-state index is 12.2. The second kappa shape index (κ2) is 8.68. The molecule has 1 aromatic carbocycles. The average molecular weight is 389 g/mol. The Labute approximate surface area is 168 Å². The molecule has 29 heavy (non-hydrogen) atoms. The first kappa shape index (κ1) is 18.9. The molecule has 1 aliphatic heterocycles. The molecule has 2 aromatic heterocycles. The van der Waals surface area contributed by atoms with Gasteiger partial charge in [0.05, 0.1) is 11.3 Å². The Bertz CT molecular complexity index is 1000. The van der Waals surface area contributed by atoms with Crippen LogP contribution in [0.15, 0.2) is 59.5 Å². The second-order valence-corrected chi connectivity index (χ2v) is 7.15. The lowest BCUT2D eigenvalue weighted by Crippen LogP contribution is -2.25. The average Bonchev–Trinajstić information content (AvgIpc) is 3.04. The van der Waals surface area contributed by atoms with E-state index >= 15 is 0 Å². The third kappa shape index (κ3) is 4.68. The fraction of sp³-hybridized carbons (Fsp3) is 0.273. The Hall–Kier alpha value is -3.48. The molecule has 0 spiro atoms. The van der Waals surface area contributed by atoms with Crippen LogP contribution in [0, 0.1) is 0 Å². The van der Waals surface area contributed by atoms with Crippen molar-refractivity contribution in [2.75, 3.05) is 23.3 Å². The zero-order valence-corrected chi connectivity index (χ0v) is 16.1. The Balaban J connectivity index is 1.42. The van der Waals surface area contributed by atoms with Crippen molar-refractivity contribution in [2.45, 2.75) is 25.7 Å². The minimum atomic E-state index is -0.282. The molecule has 2 N–H and O–H groups in total. The van der Waals surface area contributed by atoms with Gasteiger partial charge in [-0.05, 0) is 43.2 Å². The van der Waals surface area contributed by atoms with Crippen LogP contribution in [0.25, 0.3) is 11.3 Å². The highest BCUT2D eigenvalue weighted by atomic mass is 16.1. The molecule has 1 fully saturated rings. The maximum Gasteiger partial charge on any atom is 0.257 e. The minimum Gasteiger partial charge on any atom is -0.355 e. The van der Waals surface area contributed by atoms with E-state index in [2.05, 4.69) is 25.4 Å². The number of nitrogens with one attached hydrogen (secondary N) is 2. The molecule has 1 aliphatic rings. The maximum atomic E-state index is 12.2. The predicted molar refractivity (Wildman–Crippen MR) is 113 cm³/mol. The molecule has 3 heterocycles. The lowest BCUT2D eigenvalue weighted by atomic mass is 10.1. The first-order valence-electron chi connectivity index (χ1n) is 9.88. The third-order valence-electron chi connectivity index (χ3n) is 5.07. The summed E-state index contributed by atoms with van der Waals surface area (Å²) < 4.78 is 0. The number of hydrogen-bond donors (Lipinski definition) is 2. The molecule has 1 amide bonds. The fourth-order valence-electron chi connectivity index (χ4n) is 3.43. The van der Waals surface area contributed by atoms with E-state index in [-0.39, 0.29) is 11.5 Å². The van der Waals surface area contributed by atoms with E-state index in [4.69, 9.17) is 0 Å². The number of amides is 1. The van der Waals surface area contributed by atoms with Crippen molar-refractivity contribution >= 4 is 17.4 Å². The van der Waals surface area contributed by atoms with E-state index in [1.807, 2.05) is 36.4 Å². The van der Waals surface area contributed by atoms with Gasteiger partial charge in [0, 0.05) is 36.6 Å². The van der Waals surface area contributed by atoms with Gasteiger partial charge in [0.15, 0.2) is 5.82 Å². The van der Waals surface area contributed by atoms with Gasteiger partial charge in [0.2, 0.25) is 5.56 Å². The Morgan fingerprint density at radius 2 is 1.66 bits per heavy atom. The highest BCUT2D eigenvalue weighted by molar-refractivity contribution is 6.04. The van der Waals surface area contributed by atoms with Crippen molar-refractivity contribution in [1.82, 2.24) is 15.2 Å². The van der Waals surface area contributed by atoms with Crippen molar-refractivity contribution in [1.29, 1.82) is 0 Å². The van der Waals surface area contributed by atoms with Crippen LogP contribution in [0.4, 0.5) is 11.5 Å². The molecule has 0 saturated carbocycles. The summed E-state index contributed by atoms with van der Waals surface area (Å²) in [5.74, 6) is 0.649. The number of H-pyrrole nitrogens is 1. The lowest BCUT2D eigenvalue weighted by molar-refractivity contribution is 0.102. The molecule has 1 saturated heterocycles. The molecular weight excluding hydrogens is 366 g/mol. The van der Waals surface area contributed by atoms with Gasteiger partial charge >= 0.3 is 0 Å². The summed E-state index contributed by atoms with van der Waals surface area (Å²) in [5, 5.41) is 11.6. The highest BCUT2D eigenvalue weighted by Crippen LogP contribution is 2.22. The number of hydrogen-bond acceptors (Lipinski definition) is 5. The zero-order valence-electron chi connectivity index (χ0n) is 16.1. The van der Waals surface area contributed by atoms with Gasteiger partial charge in [0.25, 0.3) is 5.91 Å². The van der Waals surface area contributed by atoms with Crippen LogP contribution < -0.4 is 15.8 Å². The summed E-state index contributed by atoms with van der Waals surface area (Å²) >= 11 is 0. The molecule has 7 heteroatoms. The molecule has 3 aromatic rings. The van der Waals surface area contributed by atoms with Crippen LogP contribution in [0.5, 0.6) is 0 Å². The van der Waals surface area contributed by atoms with Crippen LogP contribution in [0.1, 0.15) is 36.0 Å². The van der Waals surface area contributed by atoms with E-state index in [0.29, 0.717) is 11.3 Å². The number of nitrogens with zero attached hydrogens (tertiary/aromatic N) is 3. The summed E-state index contributed by atoms with van der Waals surface area (Å²) in [6.07, 6.45) is 6.37. The molecule has 0 aliphatic carbocycles. The zero-order chi connectivity index (χ0) is 20.1. The molecule has 4 rings (SSSR count). The quantitative estimate of drug-likeness (QED) is 0.713. The van der Waals surface area contributed by atoms with E-state index in [1.165, 1.54) is 44.0 Å². The van der Waals surface area contributed by atoms with Gasteiger partial charge < -0.3 is 15.2 Å². The summed E-state index contributed by atoms with van der Waals surface area (Å²) in [6, 6.07) is 14.3. The Morgan fingerprint density at radius 3 is 2.28 bits per heavy atom. The molecule has 0 bridgehead atoms. The van der Waals surface area contributed by atoms with Crippen molar-refractivity contribution in [3.8, 4) is 11.3 Å². The number of carbonyl (C=O) groups is 1. The molecule has 0 unspecified atom stereocenters. The summed E-state index contributed by atoms with van der Waals surface area (Å²) in [6.45, 7) is 2.08. The lowest BCUT2D eigenvalue weighted by Gasteiger charge is -2.20. The number of carbonyl (C=O) groups excluding carboxylic acids is 1. The topological polar surface area (TPSA) is 91.0 Å². The van der Waals surface area contributed by atoms with Crippen molar-refractivity contribution < 1.29 is 4.79 Å². The highest BCUT2D eigenvalue weighted by Gasteiger charge is 2.12. The van der Waals surface area contributed by atoms with Crippen molar-refractivity contribution in [3.05, 3.63) is 70.6 Å².